The van der Waals surface area contributed by atoms with Crippen molar-refractivity contribution in [2.75, 3.05) is 0 Å². The van der Waals surface area contributed by atoms with E-state index < -0.39 is 5.54 Å². The number of nitrogens with zero attached hydrogens (tertiary/aromatic N) is 1. The molecule has 22 heavy (non-hydrogen) atoms. The molecule has 0 unspecified atom stereocenters. The fourth-order valence-corrected chi connectivity index (χ4v) is 2.06. The average Bonchev–Trinajstić information content (AvgIpc) is 2.27. The molecule has 1 N–H and O–H groups in total. The number of hydrogen-bond donors (Lipinski definition) is 1. The third kappa shape index (κ3) is 4.33. The summed E-state index contributed by atoms with van der Waals surface area (Å²) < 4.78 is 0. The number of hydroxylamine groups is 2. The van der Waals surface area contributed by atoms with Crippen molar-refractivity contribution in [3.05, 3.63) is 35.1 Å². The Labute approximate surface area is 135 Å². The Morgan fingerprint density at radius 2 is 1.41 bits per heavy atom. The third-order valence-corrected chi connectivity index (χ3v) is 3.74. The van der Waals surface area contributed by atoms with Gasteiger partial charge in [0.1, 0.15) is 0 Å². The maximum absolute atomic E-state index is 12.8. The minimum atomic E-state index is -0.452. The molecular formula is C19H31NO2. The van der Waals surface area contributed by atoms with E-state index in [0.29, 0.717) is 5.57 Å². The molecule has 0 radical (unpaired) electrons. The zero-order valence-electron chi connectivity index (χ0n) is 15.5. The lowest BCUT2D eigenvalue weighted by atomic mass is 9.73. The molecule has 3 heteroatoms. The largest absolute Gasteiger partial charge is 0.289 e. The Hall–Kier alpha value is -1.35. The Morgan fingerprint density at radius 1 is 0.909 bits per heavy atom. The van der Waals surface area contributed by atoms with Gasteiger partial charge in [0, 0.05) is 17.3 Å². The highest BCUT2D eigenvalue weighted by molar-refractivity contribution is 6.12. The SMILES string of the molecule is CC(C)(C)C1=C/C(=C\N(O)C(C)(C)C)C(=O)C(C(C)(C)C)=C1. The first-order valence-corrected chi connectivity index (χ1v) is 7.83. The van der Waals surface area contributed by atoms with Gasteiger partial charge in [-0.3, -0.25) is 15.1 Å². The summed E-state index contributed by atoms with van der Waals surface area (Å²) in [4.78, 5) is 12.8. The highest BCUT2D eigenvalue weighted by atomic mass is 16.5. The molecule has 0 amide bonds. The fourth-order valence-electron chi connectivity index (χ4n) is 2.06. The molecule has 124 valence electrons. The summed E-state index contributed by atoms with van der Waals surface area (Å²) in [6.07, 6.45) is 5.46. The average molecular weight is 305 g/mol. The van der Waals surface area contributed by atoms with Gasteiger partial charge in [-0.2, -0.15) is 0 Å². The number of allylic oxidation sites excluding steroid dienone is 5. The molecule has 0 aromatic rings. The Morgan fingerprint density at radius 3 is 1.77 bits per heavy atom. The summed E-state index contributed by atoms with van der Waals surface area (Å²) in [5.41, 5.74) is 1.68. The Kier molecular flexibility index (Phi) is 4.84. The molecule has 3 nitrogen and oxygen atoms in total. The summed E-state index contributed by atoms with van der Waals surface area (Å²) in [6.45, 7) is 18.2. The standard InChI is InChI=1S/C19H31NO2/c1-17(2,3)14-10-13(12-20(22)19(7,8)9)16(21)15(11-14)18(4,5)6/h10-12,22H,1-9H3/b13-12+. The van der Waals surface area contributed by atoms with Crippen LogP contribution in [0.4, 0.5) is 0 Å². The van der Waals surface area contributed by atoms with Gasteiger partial charge >= 0.3 is 0 Å². The smallest absolute Gasteiger partial charge is 0.191 e. The molecule has 0 aromatic heterocycles. The van der Waals surface area contributed by atoms with E-state index in [1.807, 2.05) is 53.7 Å². The highest BCUT2D eigenvalue weighted by Crippen LogP contribution is 2.38. The van der Waals surface area contributed by atoms with Gasteiger partial charge < -0.3 is 0 Å². The van der Waals surface area contributed by atoms with Crippen molar-refractivity contribution in [3.63, 3.8) is 0 Å². The quantitative estimate of drug-likeness (QED) is 0.554. The van der Waals surface area contributed by atoms with Gasteiger partial charge in [-0.15, -0.1) is 0 Å². The molecule has 0 saturated carbocycles. The first-order valence-electron chi connectivity index (χ1n) is 7.83. The Balaban J connectivity index is 3.43. The summed E-state index contributed by atoms with van der Waals surface area (Å²) in [5, 5.41) is 11.3. The fraction of sp³-hybridized carbons (Fsp3) is 0.632. The lowest BCUT2D eigenvalue weighted by Gasteiger charge is -2.32. The predicted octanol–water partition coefficient (Wildman–Crippen LogP) is 4.89. The molecule has 0 bridgehead atoms. The number of ketones is 1. The van der Waals surface area contributed by atoms with Gasteiger partial charge in [0.25, 0.3) is 0 Å². The number of hydrogen-bond acceptors (Lipinski definition) is 3. The van der Waals surface area contributed by atoms with E-state index in [4.69, 9.17) is 0 Å². The van der Waals surface area contributed by atoms with Crippen LogP contribution in [0.25, 0.3) is 0 Å². The van der Waals surface area contributed by atoms with Crippen LogP contribution in [0.2, 0.25) is 0 Å². The number of carbonyl (C=O) groups is 1. The first-order chi connectivity index (χ1) is 9.64. The molecule has 0 spiro atoms. The van der Waals surface area contributed by atoms with Gasteiger partial charge in [-0.1, -0.05) is 47.6 Å². The van der Waals surface area contributed by atoms with E-state index in [2.05, 4.69) is 20.8 Å². The van der Waals surface area contributed by atoms with Crippen molar-refractivity contribution >= 4 is 5.78 Å². The van der Waals surface area contributed by atoms with Crippen molar-refractivity contribution < 1.29 is 10.0 Å². The van der Waals surface area contributed by atoms with E-state index in [1.165, 1.54) is 0 Å². The molecule has 0 atom stereocenters. The summed E-state index contributed by atoms with van der Waals surface area (Å²) in [5.74, 6) is -0.0104. The van der Waals surface area contributed by atoms with Gasteiger partial charge in [0.2, 0.25) is 0 Å². The summed E-state index contributed by atoms with van der Waals surface area (Å²) in [6, 6.07) is 0. The van der Waals surface area contributed by atoms with Crippen LogP contribution in [0.15, 0.2) is 35.1 Å². The minimum Gasteiger partial charge on any atom is -0.289 e. The highest BCUT2D eigenvalue weighted by Gasteiger charge is 2.32. The van der Waals surface area contributed by atoms with Crippen molar-refractivity contribution in [1.29, 1.82) is 0 Å². The van der Waals surface area contributed by atoms with E-state index in [0.717, 1.165) is 16.2 Å². The lowest BCUT2D eigenvalue weighted by molar-refractivity contribution is -0.117. The second-order valence-electron chi connectivity index (χ2n) is 9.09. The van der Waals surface area contributed by atoms with Crippen LogP contribution in [-0.4, -0.2) is 21.6 Å². The molecule has 0 fully saturated rings. The predicted molar refractivity (Wildman–Crippen MR) is 91.5 cm³/mol. The van der Waals surface area contributed by atoms with Crippen LogP contribution < -0.4 is 0 Å². The first kappa shape index (κ1) is 18.7. The second-order valence-corrected chi connectivity index (χ2v) is 9.09. The molecule has 0 aliphatic heterocycles. The lowest BCUT2D eigenvalue weighted by Crippen LogP contribution is -2.35. The van der Waals surface area contributed by atoms with Crippen LogP contribution >= 0.6 is 0 Å². The van der Waals surface area contributed by atoms with E-state index in [1.54, 1.807) is 6.20 Å². The molecule has 1 rings (SSSR count). The van der Waals surface area contributed by atoms with Gasteiger partial charge in [-0.25, -0.2) is 0 Å². The van der Waals surface area contributed by atoms with E-state index >= 15 is 0 Å². The monoisotopic (exact) mass is 305 g/mol. The molecule has 1 aliphatic rings. The van der Waals surface area contributed by atoms with Gasteiger partial charge in [0.05, 0.1) is 5.54 Å². The van der Waals surface area contributed by atoms with Crippen LogP contribution in [0, 0.1) is 10.8 Å². The normalized spacial score (nSPS) is 19.2. The van der Waals surface area contributed by atoms with Gasteiger partial charge in [0.15, 0.2) is 5.78 Å². The number of Topliss-reactive ketones (excluding diaryl/α,β-unsaturated/α-hetero) is 1. The molecule has 0 heterocycles. The minimum absolute atomic E-state index is 0.0104. The van der Waals surface area contributed by atoms with E-state index in [-0.39, 0.29) is 16.6 Å². The summed E-state index contributed by atoms with van der Waals surface area (Å²) >= 11 is 0. The molecule has 0 aromatic carbocycles. The molecule has 0 saturated heterocycles. The van der Waals surface area contributed by atoms with Crippen LogP contribution in [0.1, 0.15) is 62.3 Å². The van der Waals surface area contributed by atoms with Crippen molar-refractivity contribution in [1.82, 2.24) is 5.06 Å². The van der Waals surface area contributed by atoms with Gasteiger partial charge in [-0.05, 0) is 43.3 Å². The summed E-state index contributed by atoms with van der Waals surface area (Å²) in [7, 11) is 0. The van der Waals surface area contributed by atoms with E-state index in [9.17, 15) is 10.0 Å². The van der Waals surface area contributed by atoms with Crippen LogP contribution in [0.3, 0.4) is 0 Å². The maximum Gasteiger partial charge on any atom is 0.191 e. The number of carbonyl (C=O) groups excluding carboxylic acids is 1. The van der Waals surface area contributed by atoms with Crippen molar-refractivity contribution in [3.8, 4) is 0 Å². The topological polar surface area (TPSA) is 40.5 Å². The molecule has 1 aliphatic carbocycles. The van der Waals surface area contributed by atoms with Crippen LogP contribution in [-0.2, 0) is 4.79 Å². The third-order valence-electron chi connectivity index (χ3n) is 3.74. The Bertz CT molecular complexity index is 543. The maximum atomic E-state index is 12.8. The van der Waals surface area contributed by atoms with Crippen molar-refractivity contribution in [2.24, 2.45) is 10.8 Å². The molecular weight excluding hydrogens is 274 g/mol. The van der Waals surface area contributed by atoms with Crippen molar-refractivity contribution in [2.45, 2.75) is 67.9 Å². The second kappa shape index (κ2) is 5.69. The van der Waals surface area contributed by atoms with Crippen LogP contribution in [0.5, 0.6) is 0 Å². The zero-order valence-corrected chi connectivity index (χ0v) is 15.5. The zero-order chi connectivity index (χ0) is 17.5. The number of rotatable bonds is 1.